The van der Waals surface area contributed by atoms with Crippen molar-refractivity contribution in [1.82, 2.24) is 25.3 Å². The van der Waals surface area contributed by atoms with Crippen LogP contribution in [0.2, 0.25) is 0 Å². The molecule has 0 aliphatic heterocycles. The van der Waals surface area contributed by atoms with Gasteiger partial charge in [0.25, 0.3) is 0 Å². The molecular weight excluding hydrogens is 479 g/mol. The largest absolute Gasteiger partial charge is 0.497 e. The summed E-state index contributed by atoms with van der Waals surface area (Å²) in [6, 6.07) is 10.5. The van der Waals surface area contributed by atoms with Crippen LogP contribution in [-0.2, 0) is 6.54 Å². The Labute approximate surface area is 191 Å². The molecule has 1 aromatic carbocycles. The predicted octanol–water partition coefficient (Wildman–Crippen LogP) is 3.15. The van der Waals surface area contributed by atoms with Crippen LogP contribution in [0.3, 0.4) is 0 Å². The van der Waals surface area contributed by atoms with Crippen molar-refractivity contribution in [3.8, 4) is 5.75 Å². The summed E-state index contributed by atoms with van der Waals surface area (Å²) in [4.78, 5) is 6.80. The van der Waals surface area contributed by atoms with E-state index in [-0.39, 0.29) is 30.0 Å². The maximum atomic E-state index is 5.41. The molecule has 0 spiro atoms. The summed E-state index contributed by atoms with van der Waals surface area (Å²) in [5.74, 6) is 1.70. The van der Waals surface area contributed by atoms with Gasteiger partial charge in [-0.15, -0.1) is 24.0 Å². The van der Waals surface area contributed by atoms with Crippen molar-refractivity contribution in [3.63, 3.8) is 0 Å². The number of aryl methyl sites for hydroxylation is 1. The Kier molecular flexibility index (Phi) is 12.4. The molecule has 8 heteroatoms. The Hall–Kier alpha value is -1.81. The van der Waals surface area contributed by atoms with Gasteiger partial charge in [-0.3, -0.25) is 14.6 Å². The lowest BCUT2D eigenvalue weighted by atomic mass is 10.0. The molecule has 7 nitrogen and oxygen atoms in total. The highest BCUT2D eigenvalue weighted by Gasteiger charge is 2.19. The molecule has 0 saturated carbocycles. The summed E-state index contributed by atoms with van der Waals surface area (Å²) in [6.45, 7) is 8.86. The highest BCUT2D eigenvalue weighted by molar-refractivity contribution is 14.0. The topological polar surface area (TPSA) is 66.7 Å². The Morgan fingerprint density at radius 1 is 1.24 bits per heavy atom. The molecule has 1 unspecified atom stereocenters. The van der Waals surface area contributed by atoms with E-state index < -0.39 is 0 Å². The maximum Gasteiger partial charge on any atom is 0.191 e. The number of benzene rings is 1. The zero-order valence-corrected chi connectivity index (χ0v) is 20.3. The van der Waals surface area contributed by atoms with Gasteiger partial charge in [-0.1, -0.05) is 26.0 Å². The van der Waals surface area contributed by atoms with Crippen molar-refractivity contribution in [2.75, 3.05) is 40.3 Å². The molecule has 0 radical (unpaired) electrons. The number of nitrogens with one attached hydrogen (secondary N) is 2. The molecule has 2 rings (SSSR count). The third-order valence-electron chi connectivity index (χ3n) is 4.83. The van der Waals surface area contributed by atoms with Crippen molar-refractivity contribution in [2.24, 2.45) is 4.99 Å². The van der Waals surface area contributed by atoms with E-state index in [0.29, 0.717) is 0 Å². The molecule has 2 N–H and O–H groups in total. The van der Waals surface area contributed by atoms with Crippen LogP contribution in [-0.4, -0.2) is 61.0 Å². The maximum absolute atomic E-state index is 5.41. The fraction of sp³-hybridized carbons (Fsp3) is 0.524. The Bertz CT molecular complexity index is 703. The molecule has 29 heavy (non-hydrogen) atoms. The number of nitrogens with zero attached hydrogens (tertiary/aromatic N) is 4. The number of aliphatic imine (C=N–C) groups is 1. The van der Waals surface area contributed by atoms with Crippen molar-refractivity contribution >= 4 is 29.9 Å². The smallest absolute Gasteiger partial charge is 0.191 e. The van der Waals surface area contributed by atoms with Gasteiger partial charge < -0.3 is 15.4 Å². The molecule has 1 atom stereocenters. The average molecular weight is 514 g/mol. The average Bonchev–Trinajstić information content (AvgIpc) is 3.26. The number of guanidine groups is 1. The van der Waals surface area contributed by atoms with E-state index in [9.17, 15) is 0 Å². The molecular formula is C21H35IN6O. The van der Waals surface area contributed by atoms with E-state index in [0.717, 1.165) is 50.9 Å². The molecule has 0 bridgehead atoms. The molecule has 2 aromatic rings. The van der Waals surface area contributed by atoms with Crippen LogP contribution < -0.4 is 15.4 Å². The monoisotopic (exact) mass is 514 g/mol. The Morgan fingerprint density at radius 3 is 2.66 bits per heavy atom. The predicted molar refractivity (Wildman–Crippen MR) is 130 cm³/mol. The Morgan fingerprint density at radius 2 is 2.03 bits per heavy atom. The standard InChI is InChI=1S/C21H34N6O.HI/c1-5-26(6-2)20(18-10-7-11-19(16-18)28-4)17-24-21(22-3)23-12-8-14-27-15-9-13-25-27;/h7,9-11,13,15-16,20H,5-6,8,12,14,17H2,1-4H3,(H2,22,23,24);1H. The molecule has 1 aromatic heterocycles. The van der Waals surface area contributed by atoms with E-state index in [1.807, 2.05) is 29.1 Å². The minimum absolute atomic E-state index is 0. The molecule has 0 fully saturated rings. The third kappa shape index (κ3) is 8.22. The SMILES string of the molecule is CCN(CC)C(CNC(=NC)NCCCn1cccn1)c1cccc(OC)c1.I. The summed E-state index contributed by atoms with van der Waals surface area (Å²) >= 11 is 0. The van der Waals surface area contributed by atoms with Crippen LogP contribution in [0, 0.1) is 0 Å². The van der Waals surface area contributed by atoms with Gasteiger partial charge in [-0.2, -0.15) is 5.10 Å². The molecule has 1 heterocycles. The first-order valence-electron chi connectivity index (χ1n) is 10.0. The van der Waals surface area contributed by atoms with Gasteiger partial charge in [0.1, 0.15) is 5.75 Å². The second kappa shape index (κ2) is 14.2. The Balaban J connectivity index is 0.00000420. The van der Waals surface area contributed by atoms with Crippen LogP contribution >= 0.6 is 24.0 Å². The number of hydrogen-bond acceptors (Lipinski definition) is 4. The van der Waals surface area contributed by atoms with Crippen molar-refractivity contribution < 1.29 is 4.74 Å². The number of likely N-dealkylation sites (N-methyl/N-ethyl adjacent to an activating group) is 1. The number of halogens is 1. The summed E-state index contributed by atoms with van der Waals surface area (Å²) in [6.07, 6.45) is 4.77. The van der Waals surface area contributed by atoms with E-state index in [1.54, 1.807) is 20.4 Å². The fourth-order valence-electron chi connectivity index (χ4n) is 3.27. The van der Waals surface area contributed by atoms with Gasteiger partial charge >= 0.3 is 0 Å². The minimum Gasteiger partial charge on any atom is -0.497 e. The number of methoxy groups -OCH3 is 1. The highest BCUT2D eigenvalue weighted by atomic mass is 127. The summed E-state index contributed by atoms with van der Waals surface area (Å²) in [5.41, 5.74) is 1.24. The van der Waals surface area contributed by atoms with E-state index >= 15 is 0 Å². The second-order valence-electron chi connectivity index (χ2n) is 6.52. The molecule has 0 aliphatic carbocycles. The third-order valence-corrected chi connectivity index (χ3v) is 4.83. The first-order chi connectivity index (χ1) is 13.7. The lowest BCUT2D eigenvalue weighted by Crippen LogP contribution is -2.43. The zero-order valence-electron chi connectivity index (χ0n) is 18.0. The quantitative estimate of drug-likeness (QED) is 0.209. The van der Waals surface area contributed by atoms with Gasteiger partial charge in [0.15, 0.2) is 5.96 Å². The molecule has 0 amide bonds. The van der Waals surface area contributed by atoms with E-state index in [4.69, 9.17) is 4.74 Å². The number of ether oxygens (including phenoxy) is 1. The summed E-state index contributed by atoms with van der Waals surface area (Å²) in [7, 11) is 3.51. The van der Waals surface area contributed by atoms with Gasteiger partial charge in [-0.25, -0.2) is 0 Å². The summed E-state index contributed by atoms with van der Waals surface area (Å²) < 4.78 is 7.35. The van der Waals surface area contributed by atoms with Crippen LogP contribution in [0.4, 0.5) is 0 Å². The molecule has 0 aliphatic rings. The first-order valence-corrected chi connectivity index (χ1v) is 10.0. The summed E-state index contributed by atoms with van der Waals surface area (Å²) in [5, 5.41) is 11.1. The minimum atomic E-state index is 0. The van der Waals surface area contributed by atoms with Gasteiger partial charge in [-0.05, 0) is 43.3 Å². The molecule has 162 valence electrons. The van der Waals surface area contributed by atoms with E-state index in [1.165, 1.54) is 5.56 Å². The van der Waals surface area contributed by atoms with E-state index in [2.05, 4.69) is 51.6 Å². The van der Waals surface area contributed by atoms with Crippen molar-refractivity contribution in [1.29, 1.82) is 0 Å². The van der Waals surface area contributed by atoms with Crippen LogP contribution in [0.1, 0.15) is 31.9 Å². The van der Waals surface area contributed by atoms with Gasteiger partial charge in [0.05, 0.1) is 13.2 Å². The highest BCUT2D eigenvalue weighted by Crippen LogP contribution is 2.23. The van der Waals surface area contributed by atoms with Gasteiger partial charge in [0.2, 0.25) is 0 Å². The number of aromatic nitrogens is 2. The van der Waals surface area contributed by atoms with Crippen LogP contribution in [0.5, 0.6) is 5.75 Å². The zero-order chi connectivity index (χ0) is 20.2. The second-order valence-corrected chi connectivity index (χ2v) is 6.52. The fourth-order valence-corrected chi connectivity index (χ4v) is 3.27. The van der Waals surface area contributed by atoms with Crippen molar-refractivity contribution in [2.45, 2.75) is 32.9 Å². The lowest BCUT2D eigenvalue weighted by molar-refractivity contribution is 0.218. The lowest BCUT2D eigenvalue weighted by Gasteiger charge is -2.31. The normalized spacial score (nSPS) is 12.4. The van der Waals surface area contributed by atoms with Gasteiger partial charge in [0, 0.05) is 39.1 Å². The van der Waals surface area contributed by atoms with Crippen LogP contribution in [0.25, 0.3) is 0 Å². The number of hydrogen-bond donors (Lipinski definition) is 2. The van der Waals surface area contributed by atoms with Crippen LogP contribution in [0.15, 0.2) is 47.7 Å². The first kappa shape index (κ1) is 25.2. The van der Waals surface area contributed by atoms with Crippen molar-refractivity contribution in [3.05, 3.63) is 48.3 Å². The molecule has 0 saturated heterocycles. The number of rotatable bonds is 11.